The van der Waals surface area contributed by atoms with Crippen molar-refractivity contribution in [1.82, 2.24) is 4.90 Å². The molecule has 13 heavy (non-hydrogen) atoms. The molecule has 1 heterocycles. The molecule has 1 rings (SSSR count). The molecular weight excluding hydrogens is 164 g/mol. The Morgan fingerprint density at radius 3 is 2.92 bits per heavy atom. The van der Waals surface area contributed by atoms with Crippen LogP contribution in [-0.2, 0) is 4.74 Å². The smallest absolute Gasteiger partial charge is 0.0674 e. The molecule has 0 spiro atoms. The molecule has 74 valence electrons. The fourth-order valence-electron chi connectivity index (χ4n) is 1.79. The van der Waals surface area contributed by atoms with Crippen LogP contribution in [0.3, 0.4) is 0 Å². The van der Waals surface area contributed by atoms with E-state index in [0.29, 0.717) is 24.6 Å². The Hall–Kier alpha value is -0.590. The Morgan fingerprint density at radius 1 is 1.62 bits per heavy atom. The maximum atomic E-state index is 8.61. The lowest BCUT2D eigenvalue weighted by molar-refractivity contribution is -0.0626. The molecule has 0 aromatic heterocycles. The van der Waals surface area contributed by atoms with E-state index in [1.807, 2.05) is 0 Å². The van der Waals surface area contributed by atoms with Crippen molar-refractivity contribution in [2.45, 2.75) is 45.4 Å². The van der Waals surface area contributed by atoms with Crippen LogP contribution in [0.1, 0.15) is 27.2 Å². The van der Waals surface area contributed by atoms with Crippen LogP contribution >= 0.6 is 0 Å². The van der Waals surface area contributed by atoms with E-state index in [2.05, 4.69) is 31.7 Å². The highest BCUT2D eigenvalue weighted by Gasteiger charge is 2.26. The normalized spacial score (nSPS) is 32.5. The van der Waals surface area contributed by atoms with Gasteiger partial charge in [0, 0.05) is 18.6 Å². The van der Waals surface area contributed by atoms with Gasteiger partial charge < -0.3 is 4.74 Å². The first-order valence-electron chi connectivity index (χ1n) is 4.89. The Kier molecular flexibility index (Phi) is 3.71. The highest BCUT2D eigenvalue weighted by atomic mass is 16.5. The first-order chi connectivity index (χ1) is 6.15. The Morgan fingerprint density at radius 2 is 2.31 bits per heavy atom. The van der Waals surface area contributed by atoms with E-state index in [1.165, 1.54) is 0 Å². The summed E-state index contributed by atoms with van der Waals surface area (Å²) in [6.07, 6.45) is 0.911. The van der Waals surface area contributed by atoms with Crippen molar-refractivity contribution < 1.29 is 4.74 Å². The molecule has 3 unspecified atom stereocenters. The Bertz CT molecular complexity index is 200. The molecule has 0 aliphatic carbocycles. The molecule has 3 heteroatoms. The molecule has 0 bridgehead atoms. The Labute approximate surface area is 80.3 Å². The van der Waals surface area contributed by atoms with Gasteiger partial charge in [-0.2, -0.15) is 5.26 Å². The van der Waals surface area contributed by atoms with E-state index >= 15 is 0 Å². The average molecular weight is 182 g/mol. The van der Waals surface area contributed by atoms with Gasteiger partial charge in [0.15, 0.2) is 0 Å². The van der Waals surface area contributed by atoms with E-state index in [9.17, 15) is 0 Å². The molecular formula is C10H18N2O. The average Bonchev–Trinajstić information content (AvgIpc) is 2.09. The molecule has 1 fully saturated rings. The van der Waals surface area contributed by atoms with E-state index in [-0.39, 0.29) is 0 Å². The molecule has 1 aliphatic heterocycles. The van der Waals surface area contributed by atoms with Crippen molar-refractivity contribution in [3.8, 4) is 6.07 Å². The van der Waals surface area contributed by atoms with Gasteiger partial charge in [0.05, 0.1) is 25.2 Å². The largest absolute Gasteiger partial charge is 0.376 e. The predicted molar refractivity (Wildman–Crippen MR) is 51.3 cm³/mol. The number of rotatable bonds is 2. The first-order valence-corrected chi connectivity index (χ1v) is 4.89. The van der Waals surface area contributed by atoms with Gasteiger partial charge in [0.1, 0.15) is 0 Å². The molecule has 0 aromatic rings. The summed E-state index contributed by atoms with van der Waals surface area (Å²) in [6, 6.07) is 3.01. The van der Waals surface area contributed by atoms with Crippen LogP contribution in [-0.4, -0.2) is 36.2 Å². The van der Waals surface area contributed by atoms with Crippen molar-refractivity contribution in [2.75, 3.05) is 13.2 Å². The summed E-state index contributed by atoms with van der Waals surface area (Å²) < 4.78 is 5.52. The molecule has 0 aromatic carbocycles. The van der Waals surface area contributed by atoms with Gasteiger partial charge in [0.25, 0.3) is 0 Å². The van der Waals surface area contributed by atoms with Crippen LogP contribution < -0.4 is 0 Å². The van der Waals surface area contributed by atoms with E-state index in [4.69, 9.17) is 10.00 Å². The number of nitriles is 1. The summed E-state index contributed by atoms with van der Waals surface area (Å²) >= 11 is 0. The van der Waals surface area contributed by atoms with Gasteiger partial charge >= 0.3 is 0 Å². The topological polar surface area (TPSA) is 36.3 Å². The van der Waals surface area contributed by atoms with Crippen LogP contribution in [0.25, 0.3) is 0 Å². The van der Waals surface area contributed by atoms with Crippen molar-refractivity contribution >= 4 is 0 Å². The van der Waals surface area contributed by atoms with Crippen molar-refractivity contribution in [1.29, 1.82) is 5.26 Å². The minimum absolute atomic E-state index is 0.303. The van der Waals surface area contributed by atoms with Crippen molar-refractivity contribution in [3.63, 3.8) is 0 Å². The lowest BCUT2D eigenvalue weighted by Gasteiger charge is -2.39. The second kappa shape index (κ2) is 4.59. The number of hydrogen-bond donors (Lipinski definition) is 0. The van der Waals surface area contributed by atoms with Gasteiger partial charge in [0.2, 0.25) is 0 Å². The zero-order chi connectivity index (χ0) is 9.84. The third kappa shape index (κ3) is 2.68. The highest BCUT2D eigenvalue weighted by Crippen LogP contribution is 2.15. The predicted octanol–water partition coefficient (Wildman–Crippen LogP) is 1.40. The van der Waals surface area contributed by atoms with Gasteiger partial charge in [-0.05, 0) is 20.8 Å². The summed E-state index contributed by atoms with van der Waals surface area (Å²) in [6.45, 7) is 8.08. The maximum absolute atomic E-state index is 8.61. The summed E-state index contributed by atoms with van der Waals surface area (Å²) in [7, 11) is 0. The van der Waals surface area contributed by atoms with E-state index in [1.54, 1.807) is 0 Å². The minimum Gasteiger partial charge on any atom is -0.376 e. The van der Waals surface area contributed by atoms with Gasteiger partial charge in [-0.25, -0.2) is 0 Å². The van der Waals surface area contributed by atoms with Crippen LogP contribution in [0.4, 0.5) is 0 Å². The zero-order valence-corrected chi connectivity index (χ0v) is 8.66. The second-order valence-electron chi connectivity index (χ2n) is 3.90. The summed E-state index contributed by atoms with van der Waals surface area (Å²) in [5, 5.41) is 8.61. The number of hydrogen-bond acceptors (Lipinski definition) is 3. The van der Waals surface area contributed by atoms with Crippen molar-refractivity contribution in [2.24, 2.45) is 0 Å². The van der Waals surface area contributed by atoms with Crippen LogP contribution in [0, 0.1) is 11.3 Å². The van der Waals surface area contributed by atoms with Crippen LogP contribution in [0.15, 0.2) is 0 Å². The number of ether oxygens (including phenoxy) is 1. The lowest BCUT2D eigenvalue weighted by Crippen LogP contribution is -2.51. The highest BCUT2D eigenvalue weighted by molar-refractivity contribution is 4.85. The number of morpholine rings is 1. The molecule has 3 atom stereocenters. The van der Waals surface area contributed by atoms with E-state index in [0.717, 1.165) is 13.2 Å². The molecule has 3 nitrogen and oxygen atoms in total. The van der Waals surface area contributed by atoms with Crippen molar-refractivity contribution in [3.05, 3.63) is 0 Å². The lowest BCUT2D eigenvalue weighted by atomic mass is 10.1. The molecule has 0 N–H and O–H groups in total. The first kappa shape index (κ1) is 10.5. The minimum atomic E-state index is 0.303. The molecule has 1 aliphatic rings. The summed E-state index contributed by atoms with van der Waals surface area (Å²) in [5.74, 6) is 0. The molecule has 1 saturated heterocycles. The van der Waals surface area contributed by atoms with Gasteiger partial charge in [-0.1, -0.05) is 0 Å². The molecule has 0 radical (unpaired) electrons. The second-order valence-corrected chi connectivity index (χ2v) is 3.90. The fraction of sp³-hybridized carbons (Fsp3) is 0.900. The van der Waals surface area contributed by atoms with Gasteiger partial charge in [-0.15, -0.1) is 0 Å². The number of nitrogens with zero attached hydrogens (tertiary/aromatic N) is 2. The monoisotopic (exact) mass is 182 g/mol. The quantitative estimate of drug-likeness (QED) is 0.647. The SMILES string of the molecule is CC1CN(C(C)CC#N)C(C)CO1. The summed E-state index contributed by atoms with van der Waals surface area (Å²) in [4.78, 5) is 2.36. The Balaban J connectivity index is 2.50. The standard InChI is InChI=1S/C10H18N2O/c1-8(4-5-11)12-6-10(3)13-7-9(12)2/h8-10H,4,6-7H2,1-3H3. The van der Waals surface area contributed by atoms with E-state index < -0.39 is 0 Å². The third-order valence-corrected chi connectivity index (χ3v) is 2.61. The van der Waals surface area contributed by atoms with Crippen LogP contribution in [0.2, 0.25) is 0 Å². The third-order valence-electron chi connectivity index (χ3n) is 2.61. The van der Waals surface area contributed by atoms with Gasteiger partial charge in [-0.3, -0.25) is 4.90 Å². The maximum Gasteiger partial charge on any atom is 0.0674 e. The van der Waals surface area contributed by atoms with Crippen LogP contribution in [0.5, 0.6) is 0 Å². The molecule has 0 amide bonds. The summed E-state index contributed by atoms with van der Waals surface area (Å²) in [5.41, 5.74) is 0. The molecule has 0 saturated carbocycles. The fourth-order valence-corrected chi connectivity index (χ4v) is 1.79. The zero-order valence-electron chi connectivity index (χ0n) is 8.66.